The highest BCUT2D eigenvalue weighted by atomic mass is 16.2. The van der Waals surface area contributed by atoms with E-state index in [0.29, 0.717) is 12.1 Å². The Morgan fingerprint density at radius 3 is 2.50 bits per heavy atom. The molecule has 4 heteroatoms. The molecule has 0 unspecified atom stereocenters. The zero-order valence-corrected chi connectivity index (χ0v) is 13.0. The first kappa shape index (κ1) is 14.8. The van der Waals surface area contributed by atoms with Gasteiger partial charge in [0.15, 0.2) is 6.29 Å². The molecule has 1 saturated heterocycles. The summed E-state index contributed by atoms with van der Waals surface area (Å²) in [4.78, 5) is 26.0. The molecule has 0 bridgehead atoms. The van der Waals surface area contributed by atoms with Crippen LogP contribution in [-0.4, -0.2) is 34.7 Å². The summed E-state index contributed by atoms with van der Waals surface area (Å²) in [6, 6.07) is 7.79. The van der Waals surface area contributed by atoms with Crippen LogP contribution in [0.2, 0.25) is 0 Å². The van der Waals surface area contributed by atoms with Crippen LogP contribution in [0.3, 0.4) is 0 Å². The summed E-state index contributed by atoms with van der Waals surface area (Å²) in [5.41, 5.74) is 2.53. The van der Waals surface area contributed by atoms with E-state index < -0.39 is 0 Å². The van der Waals surface area contributed by atoms with Crippen LogP contribution in [0.25, 0.3) is 10.9 Å². The van der Waals surface area contributed by atoms with Gasteiger partial charge in [0, 0.05) is 35.2 Å². The van der Waals surface area contributed by atoms with Crippen molar-refractivity contribution in [1.82, 2.24) is 9.47 Å². The Hall–Kier alpha value is -2.10. The molecule has 3 rings (SSSR count). The van der Waals surface area contributed by atoms with Crippen LogP contribution in [0, 0.1) is 6.92 Å². The number of amides is 1. The van der Waals surface area contributed by atoms with E-state index in [4.69, 9.17) is 0 Å². The number of benzene rings is 1. The summed E-state index contributed by atoms with van der Waals surface area (Å²) in [5, 5.41) is 0.929. The van der Waals surface area contributed by atoms with E-state index in [-0.39, 0.29) is 5.91 Å². The summed E-state index contributed by atoms with van der Waals surface area (Å²) in [7, 11) is 0. The predicted octanol–water partition coefficient (Wildman–Crippen LogP) is 3.16. The lowest BCUT2D eigenvalue weighted by atomic mass is 10.1. The third kappa shape index (κ3) is 2.65. The molecule has 0 atom stereocenters. The van der Waals surface area contributed by atoms with Crippen molar-refractivity contribution in [3.05, 3.63) is 35.5 Å². The average molecular weight is 298 g/mol. The van der Waals surface area contributed by atoms with Crippen LogP contribution in [0.5, 0.6) is 0 Å². The third-order valence-corrected chi connectivity index (χ3v) is 4.65. The van der Waals surface area contributed by atoms with Crippen molar-refractivity contribution in [3.63, 3.8) is 0 Å². The van der Waals surface area contributed by atoms with Gasteiger partial charge in [-0.05, 0) is 25.8 Å². The summed E-state index contributed by atoms with van der Waals surface area (Å²) >= 11 is 0. The topological polar surface area (TPSA) is 42.3 Å². The second-order valence-electron chi connectivity index (χ2n) is 6.02. The van der Waals surface area contributed by atoms with Crippen molar-refractivity contribution in [2.75, 3.05) is 13.1 Å². The molecule has 22 heavy (non-hydrogen) atoms. The van der Waals surface area contributed by atoms with Gasteiger partial charge in [0.05, 0.1) is 0 Å². The normalized spacial score (nSPS) is 15.8. The van der Waals surface area contributed by atoms with Gasteiger partial charge < -0.3 is 9.47 Å². The van der Waals surface area contributed by atoms with E-state index in [1.54, 1.807) is 0 Å². The fourth-order valence-electron chi connectivity index (χ4n) is 3.37. The molecule has 1 fully saturated rings. The maximum Gasteiger partial charge on any atom is 0.242 e. The molecule has 1 aromatic carbocycles. The van der Waals surface area contributed by atoms with Gasteiger partial charge in [-0.15, -0.1) is 0 Å². The molecule has 0 spiro atoms. The van der Waals surface area contributed by atoms with Crippen molar-refractivity contribution in [1.29, 1.82) is 0 Å². The molecule has 2 heterocycles. The van der Waals surface area contributed by atoms with Gasteiger partial charge in [-0.25, -0.2) is 0 Å². The average Bonchev–Trinajstić information content (AvgIpc) is 2.73. The number of likely N-dealkylation sites (tertiary alicyclic amines) is 1. The molecule has 1 aromatic heterocycles. The Kier molecular flexibility index (Phi) is 4.27. The third-order valence-electron chi connectivity index (χ3n) is 4.65. The minimum atomic E-state index is 0.156. The fraction of sp³-hybridized carbons (Fsp3) is 0.444. The summed E-state index contributed by atoms with van der Waals surface area (Å²) < 4.78 is 1.98. The first-order valence-corrected chi connectivity index (χ1v) is 8.03. The van der Waals surface area contributed by atoms with E-state index in [9.17, 15) is 9.59 Å². The lowest BCUT2D eigenvalue weighted by molar-refractivity contribution is -0.131. The number of rotatable bonds is 3. The number of nitrogens with zero attached hydrogens (tertiary/aromatic N) is 2. The Morgan fingerprint density at radius 1 is 1.14 bits per heavy atom. The van der Waals surface area contributed by atoms with Gasteiger partial charge in [0.25, 0.3) is 0 Å². The number of carbonyl (C=O) groups is 2. The number of aromatic nitrogens is 1. The summed E-state index contributed by atoms with van der Waals surface area (Å²) in [6.07, 6.45) is 5.51. The standard InChI is InChI=1S/C18H22N2O2/c1-14-16(13-21)15-8-4-5-9-17(15)20(14)12-18(22)19-10-6-2-3-7-11-19/h4-5,8-9,13H,2-3,6-7,10-12H2,1H3. The van der Waals surface area contributed by atoms with Crippen molar-refractivity contribution in [2.45, 2.75) is 39.2 Å². The Morgan fingerprint density at radius 2 is 1.82 bits per heavy atom. The van der Waals surface area contributed by atoms with E-state index in [1.807, 2.05) is 40.7 Å². The molecular formula is C18H22N2O2. The first-order valence-electron chi connectivity index (χ1n) is 8.03. The second-order valence-corrected chi connectivity index (χ2v) is 6.02. The maximum absolute atomic E-state index is 12.6. The highest BCUT2D eigenvalue weighted by molar-refractivity contribution is 5.99. The lowest BCUT2D eigenvalue weighted by Crippen LogP contribution is -2.34. The zero-order valence-electron chi connectivity index (χ0n) is 13.0. The Balaban J connectivity index is 1.91. The molecule has 1 aliphatic rings. The SMILES string of the molecule is Cc1c(C=O)c2ccccc2n1CC(=O)N1CCCCCC1. The van der Waals surface area contributed by atoms with E-state index >= 15 is 0 Å². The molecule has 1 amide bonds. The minimum absolute atomic E-state index is 0.156. The van der Waals surface area contributed by atoms with Crippen LogP contribution < -0.4 is 0 Å². The van der Waals surface area contributed by atoms with Gasteiger partial charge in [-0.3, -0.25) is 9.59 Å². The number of para-hydroxylation sites is 1. The second kappa shape index (κ2) is 6.34. The molecule has 0 N–H and O–H groups in total. The molecular weight excluding hydrogens is 276 g/mol. The molecule has 1 aliphatic heterocycles. The molecule has 0 saturated carbocycles. The summed E-state index contributed by atoms with van der Waals surface area (Å²) in [5.74, 6) is 0.156. The highest BCUT2D eigenvalue weighted by Gasteiger charge is 2.19. The van der Waals surface area contributed by atoms with Gasteiger partial charge in [-0.2, -0.15) is 0 Å². The molecule has 0 radical (unpaired) electrons. The van der Waals surface area contributed by atoms with Crippen LogP contribution in [-0.2, 0) is 11.3 Å². The van der Waals surface area contributed by atoms with Crippen molar-refractivity contribution < 1.29 is 9.59 Å². The molecule has 0 aliphatic carbocycles. The van der Waals surface area contributed by atoms with Gasteiger partial charge >= 0.3 is 0 Å². The number of aldehydes is 1. The first-order chi connectivity index (χ1) is 10.7. The van der Waals surface area contributed by atoms with Crippen molar-refractivity contribution in [2.24, 2.45) is 0 Å². The zero-order chi connectivity index (χ0) is 15.5. The van der Waals surface area contributed by atoms with E-state index in [0.717, 1.165) is 48.8 Å². The highest BCUT2D eigenvalue weighted by Crippen LogP contribution is 2.24. The van der Waals surface area contributed by atoms with Crippen LogP contribution in [0.4, 0.5) is 0 Å². The minimum Gasteiger partial charge on any atom is -0.341 e. The molecule has 4 nitrogen and oxygen atoms in total. The molecule has 2 aromatic rings. The maximum atomic E-state index is 12.6. The van der Waals surface area contributed by atoms with Gasteiger partial charge in [0.1, 0.15) is 6.54 Å². The van der Waals surface area contributed by atoms with Crippen LogP contribution in [0.1, 0.15) is 41.7 Å². The Bertz CT molecular complexity index is 694. The van der Waals surface area contributed by atoms with Crippen molar-refractivity contribution in [3.8, 4) is 0 Å². The van der Waals surface area contributed by atoms with Crippen LogP contribution in [0.15, 0.2) is 24.3 Å². The van der Waals surface area contributed by atoms with Gasteiger partial charge in [-0.1, -0.05) is 31.0 Å². The fourth-order valence-corrected chi connectivity index (χ4v) is 3.37. The predicted molar refractivity (Wildman–Crippen MR) is 87.1 cm³/mol. The summed E-state index contributed by atoms with van der Waals surface area (Å²) in [6.45, 7) is 3.95. The number of hydrogen-bond acceptors (Lipinski definition) is 2. The monoisotopic (exact) mass is 298 g/mol. The number of fused-ring (bicyclic) bond motifs is 1. The lowest BCUT2D eigenvalue weighted by Gasteiger charge is -2.21. The number of hydrogen-bond donors (Lipinski definition) is 0. The smallest absolute Gasteiger partial charge is 0.242 e. The quantitative estimate of drug-likeness (QED) is 0.817. The molecule has 116 valence electrons. The number of carbonyl (C=O) groups excluding carboxylic acids is 2. The Labute approximate surface area is 130 Å². The van der Waals surface area contributed by atoms with E-state index in [2.05, 4.69) is 0 Å². The van der Waals surface area contributed by atoms with Crippen molar-refractivity contribution >= 4 is 23.1 Å². The van der Waals surface area contributed by atoms with E-state index in [1.165, 1.54) is 12.8 Å². The largest absolute Gasteiger partial charge is 0.341 e. The van der Waals surface area contributed by atoms with Gasteiger partial charge in [0.2, 0.25) is 5.91 Å². The van der Waals surface area contributed by atoms with Crippen LogP contribution >= 0.6 is 0 Å².